The summed E-state index contributed by atoms with van der Waals surface area (Å²) in [5.41, 5.74) is 1.52. The number of benzene rings is 2. The lowest BCUT2D eigenvalue weighted by atomic mass is 10.0. The number of aromatic nitrogens is 2. The van der Waals surface area contributed by atoms with Crippen molar-refractivity contribution in [2.75, 3.05) is 11.9 Å². The van der Waals surface area contributed by atoms with E-state index in [-0.39, 0.29) is 10.7 Å². The Kier molecular flexibility index (Phi) is 5.44. The summed E-state index contributed by atoms with van der Waals surface area (Å²) in [7, 11) is 0. The molecule has 1 aromatic heterocycles. The van der Waals surface area contributed by atoms with E-state index in [0.29, 0.717) is 40.1 Å². The fourth-order valence-electron chi connectivity index (χ4n) is 3.43. The second-order valence-corrected chi connectivity index (χ2v) is 8.01. The molecule has 0 unspecified atom stereocenters. The van der Waals surface area contributed by atoms with Gasteiger partial charge in [0, 0.05) is 22.7 Å². The van der Waals surface area contributed by atoms with Gasteiger partial charge in [0.2, 0.25) is 0 Å². The van der Waals surface area contributed by atoms with Crippen LogP contribution in [-0.4, -0.2) is 16.3 Å². The molecular formula is C20H15Cl3F3N3. The average Bonchev–Trinajstić information content (AvgIpc) is 2.83. The third-order valence-electron chi connectivity index (χ3n) is 4.82. The van der Waals surface area contributed by atoms with Gasteiger partial charge in [-0.3, -0.25) is 0 Å². The van der Waals surface area contributed by atoms with Crippen LogP contribution < -0.4 is 5.32 Å². The summed E-state index contributed by atoms with van der Waals surface area (Å²) in [5, 5.41) is 8.99. The molecule has 0 bridgehead atoms. The summed E-state index contributed by atoms with van der Waals surface area (Å²) >= 11 is 18.7. The van der Waals surface area contributed by atoms with Crippen LogP contribution in [0.3, 0.4) is 0 Å². The number of nitrogens with one attached hydrogen (secondary N) is 1. The van der Waals surface area contributed by atoms with E-state index in [1.165, 1.54) is 10.7 Å². The van der Waals surface area contributed by atoms with E-state index in [9.17, 15) is 13.2 Å². The topological polar surface area (TPSA) is 29.9 Å². The molecule has 152 valence electrons. The number of halogens is 6. The summed E-state index contributed by atoms with van der Waals surface area (Å²) in [5.74, 6) is 0.629. The second kappa shape index (κ2) is 7.74. The van der Waals surface area contributed by atoms with Crippen LogP contribution in [-0.2, 0) is 12.6 Å². The minimum atomic E-state index is -4.49. The predicted molar refractivity (Wildman–Crippen MR) is 110 cm³/mol. The van der Waals surface area contributed by atoms with Gasteiger partial charge in [0.05, 0.1) is 27.0 Å². The maximum atomic E-state index is 13.3. The average molecular weight is 461 g/mol. The summed E-state index contributed by atoms with van der Waals surface area (Å²) in [6, 6.07) is 8.28. The van der Waals surface area contributed by atoms with Crippen molar-refractivity contribution in [1.82, 2.24) is 9.78 Å². The molecule has 0 saturated heterocycles. The Morgan fingerprint density at radius 1 is 0.966 bits per heavy atom. The molecule has 1 aliphatic heterocycles. The third kappa shape index (κ3) is 3.93. The zero-order valence-electron chi connectivity index (χ0n) is 15.0. The lowest BCUT2D eigenvalue weighted by Crippen LogP contribution is -2.10. The molecule has 0 amide bonds. The number of hydrogen-bond donors (Lipinski definition) is 1. The molecule has 29 heavy (non-hydrogen) atoms. The van der Waals surface area contributed by atoms with Gasteiger partial charge in [-0.2, -0.15) is 18.3 Å². The zero-order valence-corrected chi connectivity index (χ0v) is 17.2. The number of nitrogens with zero attached hydrogens (tertiary/aromatic N) is 2. The number of alkyl halides is 3. The van der Waals surface area contributed by atoms with Crippen LogP contribution in [0.4, 0.5) is 19.0 Å². The SMILES string of the molecule is FC(F)(F)c1ccc(Cl)c(-n2nc(-c3ccc(Cl)cc3Cl)c3c2NCCCC3)c1. The van der Waals surface area contributed by atoms with Crippen LogP contribution in [0, 0.1) is 0 Å². The van der Waals surface area contributed by atoms with Crippen LogP contribution in [0.1, 0.15) is 24.0 Å². The predicted octanol–water partition coefficient (Wildman–Crippen LogP) is 7.27. The first-order valence-corrected chi connectivity index (χ1v) is 10.1. The molecule has 3 aromatic rings. The van der Waals surface area contributed by atoms with Gasteiger partial charge in [0.15, 0.2) is 0 Å². The highest BCUT2D eigenvalue weighted by Crippen LogP contribution is 2.40. The molecule has 0 radical (unpaired) electrons. The van der Waals surface area contributed by atoms with E-state index in [0.717, 1.165) is 30.5 Å². The molecule has 3 nitrogen and oxygen atoms in total. The molecule has 0 spiro atoms. The van der Waals surface area contributed by atoms with Crippen LogP contribution in [0.5, 0.6) is 0 Å². The van der Waals surface area contributed by atoms with Crippen molar-refractivity contribution >= 4 is 40.6 Å². The number of fused-ring (bicyclic) bond motifs is 1. The summed E-state index contributed by atoms with van der Waals surface area (Å²) in [6.45, 7) is 0.684. The fraction of sp³-hybridized carbons (Fsp3) is 0.250. The highest BCUT2D eigenvalue weighted by molar-refractivity contribution is 6.36. The van der Waals surface area contributed by atoms with Gasteiger partial charge in [-0.1, -0.05) is 34.8 Å². The normalized spacial score (nSPS) is 14.3. The van der Waals surface area contributed by atoms with Gasteiger partial charge in [0.25, 0.3) is 0 Å². The third-order valence-corrected chi connectivity index (χ3v) is 5.68. The van der Waals surface area contributed by atoms with Gasteiger partial charge in [0.1, 0.15) is 5.82 Å². The number of hydrogen-bond acceptors (Lipinski definition) is 2. The molecule has 9 heteroatoms. The first kappa shape index (κ1) is 20.4. The standard InChI is InChI=1S/C20H15Cl3F3N3/c21-12-5-6-13(16(23)10-12)18-14-3-1-2-8-27-19(14)29(28-18)17-9-11(20(24,25)26)4-7-15(17)22/h4-7,9-10,27H,1-3,8H2. The van der Waals surface area contributed by atoms with Crippen LogP contribution >= 0.6 is 34.8 Å². The van der Waals surface area contributed by atoms with Crippen molar-refractivity contribution in [1.29, 1.82) is 0 Å². The highest BCUT2D eigenvalue weighted by Gasteiger charge is 2.32. The minimum Gasteiger partial charge on any atom is -0.370 e. The molecule has 4 rings (SSSR count). The van der Waals surface area contributed by atoms with E-state index < -0.39 is 11.7 Å². The number of anilines is 1. The Hall–Kier alpha value is -1.89. The van der Waals surface area contributed by atoms with Crippen LogP contribution in [0.25, 0.3) is 16.9 Å². The summed E-state index contributed by atoms with van der Waals surface area (Å²) in [4.78, 5) is 0. The molecule has 1 aliphatic rings. The molecule has 1 N–H and O–H groups in total. The summed E-state index contributed by atoms with van der Waals surface area (Å²) < 4.78 is 41.2. The van der Waals surface area contributed by atoms with Crippen molar-refractivity contribution in [2.24, 2.45) is 0 Å². The maximum Gasteiger partial charge on any atom is 0.416 e. The maximum absolute atomic E-state index is 13.3. The first-order valence-electron chi connectivity index (χ1n) is 8.94. The molecule has 0 fully saturated rings. The molecule has 0 saturated carbocycles. The minimum absolute atomic E-state index is 0.156. The largest absolute Gasteiger partial charge is 0.416 e. The monoisotopic (exact) mass is 459 g/mol. The molecule has 2 heterocycles. The van der Waals surface area contributed by atoms with Crippen molar-refractivity contribution in [3.8, 4) is 16.9 Å². The lowest BCUT2D eigenvalue weighted by molar-refractivity contribution is -0.137. The quantitative estimate of drug-likeness (QED) is 0.436. The van der Waals surface area contributed by atoms with Crippen LogP contribution in [0.15, 0.2) is 36.4 Å². The fourth-order valence-corrected chi connectivity index (χ4v) is 4.12. The Balaban J connectivity index is 1.95. The van der Waals surface area contributed by atoms with Crippen molar-refractivity contribution < 1.29 is 13.2 Å². The van der Waals surface area contributed by atoms with E-state index in [2.05, 4.69) is 10.4 Å². The van der Waals surface area contributed by atoms with Crippen molar-refractivity contribution in [2.45, 2.75) is 25.4 Å². The zero-order chi connectivity index (χ0) is 20.8. The number of rotatable bonds is 2. The highest BCUT2D eigenvalue weighted by atomic mass is 35.5. The van der Waals surface area contributed by atoms with Gasteiger partial charge >= 0.3 is 6.18 Å². The van der Waals surface area contributed by atoms with Crippen LogP contribution in [0.2, 0.25) is 15.1 Å². The van der Waals surface area contributed by atoms with Crippen molar-refractivity contribution in [3.63, 3.8) is 0 Å². The Labute approximate surface area is 180 Å². The van der Waals surface area contributed by atoms with E-state index in [1.54, 1.807) is 18.2 Å². The summed E-state index contributed by atoms with van der Waals surface area (Å²) in [6.07, 6.45) is -1.93. The van der Waals surface area contributed by atoms with Gasteiger partial charge < -0.3 is 5.32 Å². The molecule has 0 aliphatic carbocycles. The Bertz CT molecular complexity index is 1080. The van der Waals surface area contributed by atoms with Crippen molar-refractivity contribution in [3.05, 3.63) is 62.6 Å². The Morgan fingerprint density at radius 2 is 1.76 bits per heavy atom. The smallest absolute Gasteiger partial charge is 0.370 e. The molecular weight excluding hydrogens is 446 g/mol. The lowest BCUT2D eigenvalue weighted by Gasteiger charge is -2.13. The second-order valence-electron chi connectivity index (χ2n) is 6.76. The van der Waals surface area contributed by atoms with Gasteiger partial charge in [-0.15, -0.1) is 0 Å². The van der Waals surface area contributed by atoms with Gasteiger partial charge in [-0.05, 0) is 55.7 Å². The first-order chi connectivity index (χ1) is 13.8. The molecule has 2 aromatic carbocycles. The van der Waals surface area contributed by atoms with E-state index in [4.69, 9.17) is 34.8 Å². The molecule has 0 atom stereocenters. The van der Waals surface area contributed by atoms with Gasteiger partial charge in [-0.25, -0.2) is 4.68 Å². The van der Waals surface area contributed by atoms with E-state index in [1.807, 2.05) is 0 Å². The Morgan fingerprint density at radius 3 is 2.48 bits per heavy atom. The van der Waals surface area contributed by atoms with E-state index >= 15 is 0 Å².